The molecule has 3 rings (SSSR count). The summed E-state index contributed by atoms with van der Waals surface area (Å²) in [5.74, 6) is 0.557. The van der Waals surface area contributed by atoms with Gasteiger partial charge in [-0.15, -0.1) is 11.8 Å². The summed E-state index contributed by atoms with van der Waals surface area (Å²) in [5, 5.41) is 5.38. The molecular formula is C24H24N2O3S. The van der Waals surface area contributed by atoms with Crippen LogP contribution in [0, 0.1) is 0 Å². The maximum atomic E-state index is 12.5. The van der Waals surface area contributed by atoms with Gasteiger partial charge in [0.15, 0.2) is 0 Å². The van der Waals surface area contributed by atoms with Gasteiger partial charge in [-0.1, -0.05) is 30.3 Å². The van der Waals surface area contributed by atoms with Crippen LogP contribution in [-0.2, 0) is 16.2 Å². The zero-order valence-electron chi connectivity index (χ0n) is 16.9. The van der Waals surface area contributed by atoms with Gasteiger partial charge < -0.3 is 15.4 Å². The Hall–Kier alpha value is -3.25. The van der Waals surface area contributed by atoms with E-state index in [4.69, 9.17) is 4.74 Å². The van der Waals surface area contributed by atoms with Gasteiger partial charge in [0, 0.05) is 23.2 Å². The summed E-state index contributed by atoms with van der Waals surface area (Å²) in [5.41, 5.74) is 2.56. The van der Waals surface area contributed by atoms with Crippen LogP contribution >= 0.6 is 11.8 Å². The second kappa shape index (κ2) is 10.5. The van der Waals surface area contributed by atoms with Crippen LogP contribution in [0.25, 0.3) is 0 Å². The minimum absolute atomic E-state index is 0.0797. The van der Waals surface area contributed by atoms with Crippen molar-refractivity contribution in [2.45, 2.75) is 30.6 Å². The molecule has 0 spiro atoms. The molecule has 3 aromatic carbocycles. The third kappa shape index (κ3) is 6.67. The largest absolute Gasteiger partial charge is 0.489 e. The van der Waals surface area contributed by atoms with Crippen molar-refractivity contribution in [2.75, 3.05) is 10.6 Å². The van der Waals surface area contributed by atoms with E-state index in [1.165, 1.54) is 18.7 Å². The monoisotopic (exact) mass is 420 g/mol. The standard InChI is InChI=1S/C24H24N2O3S/c1-17(30-23-14-10-20(11-15-23)25-18(2)27)24(28)26-21-8-12-22(13-9-21)29-16-19-6-4-3-5-7-19/h3-15,17H,16H2,1-2H3,(H,25,27)(H,26,28). The molecule has 0 saturated heterocycles. The van der Waals surface area contributed by atoms with Crippen LogP contribution in [0.15, 0.2) is 83.8 Å². The van der Waals surface area contributed by atoms with Crippen LogP contribution in [0.2, 0.25) is 0 Å². The third-order valence-electron chi connectivity index (χ3n) is 4.23. The summed E-state index contributed by atoms with van der Waals surface area (Å²) in [6.07, 6.45) is 0. The summed E-state index contributed by atoms with van der Waals surface area (Å²) in [4.78, 5) is 24.5. The molecule has 0 bridgehead atoms. The van der Waals surface area contributed by atoms with E-state index in [1.54, 1.807) is 0 Å². The lowest BCUT2D eigenvalue weighted by molar-refractivity contribution is -0.115. The average Bonchev–Trinajstić information content (AvgIpc) is 2.75. The van der Waals surface area contributed by atoms with Crippen LogP contribution in [0.5, 0.6) is 5.75 Å². The quantitative estimate of drug-likeness (QED) is 0.483. The van der Waals surface area contributed by atoms with E-state index in [2.05, 4.69) is 10.6 Å². The summed E-state index contributed by atoms with van der Waals surface area (Å²) >= 11 is 1.46. The normalized spacial score (nSPS) is 11.4. The zero-order chi connectivity index (χ0) is 21.3. The molecule has 1 atom stereocenters. The highest BCUT2D eigenvalue weighted by Crippen LogP contribution is 2.26. The fraction of sp³-hybridized carbons (Fsp3) is 0.167. The van der Waals surface area contributed by atoms with Crippen molar-refractivity contribution in [3.05, 3.63) is 84.4 Å². The van der Waals surface area contributed by atoms with E-state index < -0.39 is 0 Å². The second-order valence-corrected chi connectivity index (χ2v) is 8.17. The molecule has 154 valence electrons. The van der Waals surface area contributed by atoms with Gasteiger partial charge >= 0.3 is 0 Å². The number of anilines is 2. The van der Waals surface area contributed by atoms with Gasteiger partial charge in [-0.05, 0) is 61.0 Å². The van der Waals surface area contributed by atoms with Crippen LogP contribution < -0.4 is 15.4 Å². The minimum atomic E-state index is -0.273. The molecule has 5 nitrogen and oxygen atoms in total. The highest BCUT2D eigenvalue weighted by Gasteiger charge is 2.14. The molecule has 2 amide bonds. The van der Waals surface area contributed by atoms with Crippen molar-refractivity contribution in [1.29, 1.82) is 0 Å². The van der Waals surface area contributed by atoms with Gasteiger partial charge in [-0.3, -0.25) is 9.59 Å². The lowest BCUT2D eigenvalue weighted by Gasteiger charge is -2.13. The van der Waals surface area contributed by atoms with Crippen molar-refractivity contribution in [2.24, 2.45) is 0 Å². The van der Waals surface area contributed by atoms with Crippen LogP contribution in [-0.4, -0.2) is 17.1 Å². The lowest BCUT2D eigenvalue weighted by Crippen LogP contribution is -2.22. The first kappa shape index (κ1) is 21.5. The van der Waals surface area contributed by atoms with E-state index in [0.717, 1.165) is 27.6 Å². The average molecular weight is 421 g/mol. The molecule has 2 N–H and O–H groups in total. The Balaban J connectivity index is 1.49. The molecule has 1 unspecified atom stereocenters. The molecular weight excluding hydrogens is 396 g/mol. The Bertz CT molecular complexity index is 974. The van der Waals surface area contributed by atoms with Gasteiger partial charge in [0.1, 0.15) is 12.4 Å². The number of thioether (sulfide) groups is 1. The van der Waals surface area contributed by atoms with Gasteiger partial charge in [0.05, 0.1) is 5.25 Å². The Kier molecular flexibility index (Phi) is 7.51. The van der Waals surface area contributed by atoms with E-state index in [-0.39, 0.29) is 17.1 Å². The van der Waals surface area contributed by atoms with Crippen molar-refractivity contribution < 1.29 is 14.3 Å². The molecule has 0 heterocycles. The highest BCUT2D eigenvalue weighted by atomic mass is 32.2. The number of benzene rings is 3. The van der Waals surface area contributed by atoms with E-state index in [1.807, 2.05) is 85.8 Å². The molecule has 0 aromatic heterocycles. The number of hydrogen-bond donors (Lipinski definition) is 2. The molecule has 0 aliphatic carbocycles. The first-order valence-corrected chi connectivity index (χ1v) is 10.5. The lowest BCUT2D eigenvalue weighted by atomic mass is 10.2. The number of ether oxygens (including phenoxy) is 1. The highest BCUT2D eigenvalue weighted by molar-refractivity contribution is 8.00. The van der Waals surface area contributed by atoms with Gasteiger partial charge in [0.25, 0.3) is 0 Å². The molecule has 0 fully saturated rings. The first-order chi connectivity index (χ1) is 14.5. The third-order valence-corrected chi connectivity index (χ3v) is 5.34. The molecule has 0 aliphatic rings. The fourth-order valence-electron chi connectivity index (χ4n) is 2.70. The van der Waals surface area contributed by atoms with Gasteiger partial charge in [0.2, 0.25) is 11.8 Å². The smallest absolute Gasteiger partial charge is 0.237 e. The second-order valence-electron chi connectivity index (χ2n) is 6.75. The summed E-state index contributed by atoms with van der Waals surface area (Å²) in [7, 11) is 0. The zero-order valence-corrected chi connectivity index (χ0v) is 17.7. The van der Waals surface area contributed by atoms with Crippen molar-refractivity contribution >= 4 is 35.0 Å². The Morgan fingerprint density at radius 3 is 2.10 bits per heavy atom. The van der Waals surface area contributed by atoms with Crippen molar-refractivity contribution in [3.8, 4) is 5.75 Å². The Morgan fingerprint density at radius 2 is 1.47 bits per heavy atom. The van der Waals surface area contributed by atoms with Gasteiger partial charge in [-0.2, -0.15) is 0 Å². The molecule has 3 aromatic rings. The summed E-state index contributed by atoms with van der Waals surface area (Å²) < 4.78 is 5.77. The number of amides is 2. The minimum Gasteiger partial charge on any atom is -0.489 e. The Morgan fingerprint density at radius 1 is 0.867 bits per heavy atom. The maximum absolute atomic E-state index is 12.5. The molecule has 0 saturated carbocycles. The van der Waals surface area contributed by atoms with E-state index >= 15 is 0 Å². The van der Waals surface area contributed by atoms with Crippen LogP contribution in [0.3, 0.4) is 0 Å². The number of hydrogen-bond acceptors (Lipinski definition) is 4. The molecule has 0 aliphatic heterocycles. The maximum Gasteiger partial charge on any atom is 0.237 e. The number of rotatable bonds is 8. The van der Waals surface area contributed by atoms with E-state index in [0.29, 0.717) is 6.61 Å². The summed E-state index contributed by atoms with van der Waals surface area (Å²) in [6, 6.07) is 24.7. The predicted octanol–water partition coefficient (Wildman–Crippen LogP) is 5.34. The van der Waals surface area contributed by atoms with Crippen molar-refractivity contribution in [3.63, 3.8) is 0 Å². The number of carbonyl (C=O) groups excluding carboxylic acids is 2. The number of carbonyl (C=O) groups is 2. The SMILES string of the molecule is CC(=O)Nc1ccc(SC(C)C(=O)Nc2ccc(OCc3ccccc3)cc2)cc1. The Labute approximate surface area is 180 Å². The molecule has 30 heavy (non-hydrogen) atoms. The van der Waals surface area contributed by atoms with Gasteiger partial charge in [-0.25, -0.2) is 0 Å². The number of nitrogens with one attached hydrogen (secondary N) is 2. The summed E-state index contributed by atoms with van der Waals surface area (Å²) in [6.45, 7) is 3.83. The van der Waals surface area contributed by atoms with Crippen LogP contribution in [0.4, 0.5) is 11.4 Å². The predicted molar refractivity (Wildman–Crippen MR) is 122 cm³/mol. The molecule has 6 heteroatoms. The molecule has 0 radical (unpaired) electrons. The topological polar surface area (TPSA) is 67.4 Å². The van der Waals surface area contributed by atoms with Crippen LogP contribution in [0.1, 0.15) is 19.4 Å². The van der Waals surface area contributed by atoms with Crippen molar-refractivity contribution in [1.82, 2.24) is 0 Å². The first-order valence-electron chi connectivity index (χ1n) is 9.61. The fourth-order valence-corrected chi connectivity index (χ4v) is 3.56. The van der Waals surface area contributed by atoms with E-state index in [9.17, 15) is 9.59 Å².